The number of para-hydroxylation sites is 1. The third-order valence-corrected chi connectivity index (χ3v) is 8.20. The van der Waals surface area contributed by atoms with Gasteiger partial charge in [0.2, 0.25) is 0 Å². The summed E-state index contributed by atoms with van der Waals surface area (Å²) in [6, 6.07) is 19.5. The molecule has 3 aromatic carbocycles. The van der Waals surface area contributed by atoms with Crippen LogP contribution in [0.3, 0.4) is 0 Å². The molecule has 1 saturated heterocycles. The maximum atomic E-state index is 13.3. The lowest BCUT2D eigenvalue weighted by atomic mass is 9.75. The lowest BCUT2D eigenvalue weighted by Crippen LogP contribution is -2.37. The van der Waals surface area contributed by atoms with E-state index < -0.39 is 7.12 Å². The van der Waals surface area contributed by atoms with Gasteiger partial charge < -0.3 is 24.4 Å². The maximum absolute atomic E-state index is 13.3. The molecule has 0 saturated carbocycles. The molecule has 0 bridgehead atoms. The minimum Gasteiger partial charge on any atom is -0.440 e. The number of anilines is 2. The van der Waals surface area contributed by atoms with Crippen LogP contribution in [-0.2, 0) is 4.76 Å². The predicted molar refractivity (Wildman–Crippen MR) is 163 cm³/mol. The van der Waals surface area contributed by atoms with E-state index in [-0.39, 0.29) is 11.5 Å². The fourth-order valence-electron chi connectivity index (χ4n) is 5.68. The van der Waals surface area contributed by atoms with E-state index in [1.807, 2.05) is 49.4 Å². The Hall–Kier alpha value is -4.04. The van der Waals surface area contributed by atoms with E-state index in [0.29, 0.717) is 27.7 Å². The standard InChI is InChI=1S/C32H34BN3O4/c1-20-15-25(31-26(16-20)29(37)18-30(39-31)36-13-11-32(3,4)12-14-36)21(2)35-28-8-6-5-7-24(28)22-9-10-27-23(17-22)19-34-40-33(27)38/h5-10,15-19,21,35,38H,11-14H2,1-4H3/t21-/m1/s1. The summed E-state index contributed by atoms with van der Waals surface area (Å²) in [6.07, 6.45) is 3.74. The molecule has 0 aliphatic carbocycles. The molecule has 1 fully saturated rings. The fourth-order valence-corrected chi connectivity index (χ4v) is 5.68. The summed E-state index contributed by atoms with van der Waals surface area (Å²) in [6.45, 7) is 10.4. The Kier molecular flexibility index (Phi) is 6.66. The number of benzene rings is 3. The molecular weight excluding hydrogens is 501 g/mol. The summed E-state index contributed by atoms with van der Waals surface area (Å²) in [5, 5.41) is 18.2. The third-order valence-electron chi connectivity index (χ3n) is 8.20. The van der Waals surface area contributed by atoms with Gasteiger partial charge in [-0.15, -0.1) is 5.16 Å². The number of rotatable bonds is 5. The van der Waals surface area contributed by atoms with Crippen LogP contribution in [0, 0.1) is 12.3 Å². The van der Waals surface area contributed by atoms with Crippen molar-refractivity contribution in [2.45, 2.75) is 46.6 Å². The fraction of sp³-hybridized carbons (Fsp3) is 0.312. The van der Waals surface area contributed by atoms with Crippen molar-refractivity contribution in [3.05, 3.63) is 87.6 Å². The molecule has 2 N–H and O–H groups in total. The van der Waals surface area contributed by atoms with Crippen molar-refractivity contribution < 1.29 is 14.2 Å². The lowest BCUT2D eigenvalue weighted by Gasteiger charge is -2.37. The van der Waals surface area contributed by atoms with E-state index in [9.17, 15) is 9.82 Å². The third kappa shape index (κ3) is 4.99. The van der Waals surface area contributed by atoms with E-state index >= 15 is 0 Å². The van der Waals surface area contributed by atoms with Gasteiger partial charge in [-0.2, -0.15) is 0 Å². The largest absolute Gasteiger partial charge is 0.583 e. The van der Waals surface area contributed by atoms with Crippen LogP contribution in [0.1, 0.15) is 56.3 Å². The number of nitrogens with one attached hydrogen (secondary N) is 1. The highest BCUT2D eigenvalue weighted by Gasteiger charge is 2.28. The van der Waals surface area contributed by atoms with Crippen molar-refractivity contribution in [1.29, 1.82) is 0 Å². The van der Waals surface area contributed by atoms with Gasteiger partial charge in [-0.1, -0.05) is 50.2 Å². The average molecular weight is 535 g/mol. The van der Waals surface area contributed by atoms with Gasteiger partial charge in [-0.05, 0) is 67.0 Å². The number of fused-ring (bicyclic) bond motifs is 2. The maximum Gasteiger partial charge on any atom is 0.583 e. The summed E-state index contributed by atoms with van der Waals surface area (Å²) >= 11 is 0. The number of hydrogen-bond donors (Lipinski definition) is 2. The lowest BCUT2D eigenvalue weighted by molar-refractivity contribution is 0.274. The topological polar surface area (TPSA) is 87.3 Å². The van der Waals surface area contributed by atoms with Gasteiger partial charge in [0.15, 0.2) is 11.3 Å². The average Bonchev–Trinajstić information content (AvgIpc) is 2.93. The van der Waals surface area contributed by atoms with Gasteiger partial charge in [0.05, 0.1) is 17.6 Å². The van der Waals surface area contributed by atoms with Crippen LogP contribution in [0.2, 0.25) is 0 Å². The number of nitrogens with zero attached hydrogens (tertiary/aromatic N) is 2. The van der Waals surface area contributed by atoms with Crippen molar-refractivity contribution in [2.24, 2.45) is 10.6 Å². The van der Waals surface area contributed by atoms with Crippen LogP contribution in [0.5, 0.6) is 0 Å². The zero-order valence-corrected chi connectivity index (χ0v) is 23.4. The second-order valence-electron chi connectivity index (χ2n) is 11.8. The molecule has 8 heteroatoms. The Morgan fingerprint density at radius 2 is 1.85 bits per heavy atom. The Morgan fingerprint density at radius 3 is 2.65 bits per heavy atom. The van der Waals surface area contributed by atoms with Gasteiger partial charge in [-0.3, -0.25) is 4.79 Å². The molecule has 0 radical (unpaired) electrons. The van der Waals surface area contributed by atoms with Crippen molar-refractivity contribution in [3.63, 3.8) is 0 Å². The first-order valence-corrected chi connectivity index (χ1v) is 13.9. The number of piperidine rings is 1. The highest BCUT2D eigenvalue weighted by atomic mass is 16.6. The van der Waals surface area contributed by atoms with Crippen molar-refractivity contribution in [1.82, 2.24) is 0 Å². The number of oxime groups is 1. The molecule has 204 valence electrons. The van der Waals surface area contributed by atoms with Gasteiger partial charge in [0, 0.05) is 41.4 Å². The normalized spacial score (nSPS) is 16.9. The highest BCUT2D eigenvalue weighted by Crippen LogP contribution is 2.36. The van der Waals surface area contributed by atoms with Crippen LogP contribution < -0.4 is 21.1 Å². The molecule has 1 aromatic heterocycles. The van der Waals surface area contributed by atoms with Crippen LogP contribution in [0.25, 0.3) is 22.1 Å². The smallest absolute Gasteiger partial charge is 0.440 e. The van der Waals surface area contributed by atoms with E-state index in [0.717, 1.165) is 59.4 Å². The quantitative estimate of drug-likeness (QED) is 0.323. The molecule has 2 aliphatic rings. The zero-order chi connectivity index (χ0) is 28.0. The second kappa shape index (κ2) is 10.2. The van der Waals surface area contributed by atoms with Crippen molar-refractivity contribution in [3.8, 4) is 11.1 Å². The van der Waals surface area contributed by atoms with Crippen LogP contribution in [-0.4, -0.2) is 31.4 Å². The first-order valence-electron chi connectivity index (χ1n) is 13.9. The minimum absolute atomic E-state index is 0.0134. The zero-order valence-electron chi connectivity index (χ0n) is 23.4. The summed E-state index contributed by atoms with van der Waals surface area (Å²) in [5.74, 6) is 0.646. The molecule has 0 amide bonds. The monoisotopic (exact) mass is 535 g/mol. The molecule has 7 nitrogen and oxygen atoms in total. The number of aryl methyl sites for hydroxylation is 1. The second-order valence-corrected chi connectivity index (χ2v) is 11.8. The van der Waals surface area contributed by atoms with Gasteiger partial charge >= 0.3 is 7.12 Å². The summed E-state index contributed by atoms with van der Waals surface area (Å²) in [5.41, 5.74) is 7.34. The van der Waals surface area contributed by atoms with Crippen LogP contribution >= 0.6 is 0 Å². The highest BCUT2D eigenvalue weighted by molar-refractivity contribution is 6.62. The Morgan fingerprint density at radius 1 is 1.07 bits per heavy atom. The van der Waals surface area contributed by atoms with E-state index in [1.54, 1.807) is 12.3 Å². The summed E-state index contributed by atoms with van der Waals surface area (Å²) < 4.78 is 11.5. The molecule has 40 heavy (non-hydrogen) atoms. The van der Waals surface area contributed by atoms with Crippen molar-refractivity contribution >= 4 is 41.3 Å². The Bertz CT molecular complexity index is 1670. The van der Waals surface area contributed by atoms with Gasteiger partial charge in [-0.25, -0.2) is 0 Å². The SMILES string of the molecule is Cc1cc([C@@H](C)Nc2ccccc2-c2ccc3c(c2)C=NOB3O)c2oc(N3CCC(C)(C)CC3)cc(=O)c2c1. The van der Waals surface area contributed by atoms with E-state index in [1.165, 1.54) is 0 Å². The molecule has 4 aromatic rings. The van der Waals surface area contributed by atoms with E-state index in [2.05, 4.69) is 48.3 Å². The summed E-state index contributed by atoms with van der Waals surface area (Å²) in [4.78, 5) is 15.5. The molecule has 6 rings (SSSR count). The first-order chi connectivity index (χ1) is 19.2. The molecule has 1 atom stereocenters. The van der Waals surface area contributed by atoms with Crippen LogP contribution in [0.15, 0.2) is 75.0 Å². The molecule has 0 spiro atoms. The molecule has 3 heterocycles. The predicted octanol–water partition coefficient (Wildman–Crippen LogP) is 5.62. The first kappa shape index (κ1) is 26.2. The minimum atomic E-state index is -1.06. The van der Waals surface area contributed by atoms with E-state index in [4.69, 9.17) is 9.17 Å². The van der Waals surface area contributed by atoms with Gasteiger partial charge in [0.1, 0.15) is 5.58 Å². The van der Waals surface area contributed by atoms with Gasteiger partial charge in [0.25, 0.3) is 0 Å². The Labute approximate surface area is 234 Å². The molecular formula is C32H34BN3O4. The Balaban J connectivity index is 1.36. The number of hydrogen-bond acceptors (Lipinski definition) is 7. The molecule has 2 aliphatic heterocycles. The molecule has 0 unspecified atom stereocenters. The van der Waals surface area contributed by atoms with Crippen molar-refractivity contribution in [2.75, 3.05) is 23.3 Å². The van der Waals surface area contributed by atoms with Crippen LogP contribution in [0.4, 0.5) is 11.6 Å². The summed E-state index contributed by atoms with van der Waals surface area (Å²) in [7, 11) is -1.06.